The quantitative estimate of drug-likeness (QED) is 0.887. The minimum Gasteiger partial charge on any atom is -0.384 e. The van der Waals surface area contributed by atoms with E-state index in [2.05, 4.69) is 15.3 Å². The van der Waals surface area contributed by atoms with Crippen molar-refractivity contribution in [2.75, 3.05) is 5.73 Å². The Hall–Kier alpha value is -1.37. The molecule has 1 saturated carbocycles. The summed E-state index contributed by atoms with van der Waals surface area (Å²) in [5.74, 6) is -0.531. The lowest BCUT2D eigenvalue weighted by molar-refractivity contribution is -0.189. The van der Waals surface area contributed by atoms with Crippen LogP contribution in [0.3, 0.4) is 0 Å². The Kier molecular flexibility index (Phi) is 4.24. The smallest absolute Gasteiger partial charge is 0.384 e. The summed E-state index contributed by atoms with van der Waals surface area (Å²) in [6, 6.07) is 0.988. The molecule has 1 heterocycles. The van der Waals surface area contributed by atoms with E-state index in [4.69, 9.17) is 5.73 Å². The van der Waals surface area contributed by atoms with Crippen molar-refractivity contribution in [3.05, 3.63) is 18.1 Å². The van der Waals surface area contributed by atoms with E-state index in [9.17, 15) is 13.2 Å². The molecule has 0 unspecified atom stereocenters. The average Bonchev–Trinajstić information content (AvgIpc) is 2.36. The molecule has 4 nitrogen and oxygen atoms in total. The monoisotopic (exact) mass is 274 g/mol. The van der Waals surface area contributed by atoms with Crippen LogP contribution in [0, 0.1) is 5.92 Å². The Morgan fingerprint density at radius 3 is 2.74 bits per heavy atom. The van der Waals surface area contributed by atoms with Gasteiger partial charge < -0.3 is 11.1 Å². The molecule has 0 radical (unpaired) electrons. The highest BCUT2D eigenvalue weighted by Gasteiger charge is 2.45. The van der Waals surface area contributed by atoms with Crippen LogP contribution < -0.4 is 11.1 Å². The summed E-state index contributed by atoms with van der Waals surface area (Å²) in [6.07, 6.45) is -0.458. The van der Waals surface area contributed by atoms with Gasteiger partial charge in [-0.2, -0.15) is 13.2 Å². The van der Waals surface area contributed by atoms with Crippen LogP contribution in [0.4, 0.5) is 19.0 Å². The summed E-state index contributed by atoms with van der Waals surface area (Å²) in [4.78, 5) is 7.94. The molecule has 106 valence electrons. The Balaban J connectivity index is 1.97. The van der Waals surface area contributed by atoms with Gasteiger partial charge in [0.2, 0.25) is 0 Å². The van der Waals surface area contributed by atoms with Gasteiger partial charge in [0, 0.05) is 12.2 Å². The number of nitrogens with two attached hydrogens (primary N) is 1. The van der Waals surface area contributed by atoms with Gasteiger partial charge in [-0.25, -0.2) is 9.97 Å². The SMILES string of the molecule is Nc1ccnc(CN[C@H]2CCCC[C@H]2C(F)(F)F)n1. The molecule has 1 aromatic heterocycles. The van der Waals surface area contributed by atoms with Crippen molar-refractivity contribution < 1.29 is 13.2 Å². The van der Waals surface area contributed by atoms with Crippen LogP contribution in [0.25, 0.3) is 0 Å². The highest BCUT2D eigenvalue weighted by Crippen LogP contribution is 2.37. The van der Waals surface area contributed by atoms with Crippen molar-refractivity contribution in [3.8, 4) is 0 Å². The van der Waals surface area contributed by atoms with Crippen LogP contribution in [0.2, 0.25) is 0 Å². The molecule has 0 bridgehead atoms. The summed E-state index contributed by atoms with van der Waals surface area (Å²) in [6.45, 7) is 0.211. The predicted molar refractivity (Wildman–Crippen MR) is 65.1 cm³/mol. The molecule has 1 aromatic rings. The summed E-state index contributed by atoms with van der Waals surface area (Å²) in [7, 11) is 0. The third kappa shape index (κ3) is 3.79. The average molecular weight is 274 g/mol. The zero-order chi connectivity index (χ0) is 13.9. The molecule has 1 aliphatic carbocycles. The van der Waals surface area contributed by atoms with E-state index in [1.54, 1.807) is 6.07 Å². The van der Waals surface area contributed by atoms with Gasteiger partial charge in [0.15, 0.2) is 0 Å². The molecular formula is C12H17F3N4. The molecule has 7 heteroatoms. The van der Waals surface area contributed by atoms with E-state index in [1.165, 1.54) is 6.20 Å². The van der Waals surface area contributed by atoms with Gasteiger partial charge in [-0.3, -0.25) is 0 Å². The highest BCUT2D eigenvalue weighted by molar-refractivity contribution is 5.24. The number of alkyl halides is 3. The van der Waals surface area contributed by atoms with E-state index < -0.39 is 18.1 Å². The van der Waals surface area contributed by atoms with Gasteiger partial charge in [-0.1, -0.05) is 12.8 Å². The van der Waals surface area contributed by atoms with Crippen LogP contribution in [-0.2, 0) is 6.54 Å². The fourth-order valence-electron chi connectivity index (χ4n) is 2.49. The first-order valence-corrected chi connectivity index (χ1v) is 6.34. The topological polar surface area (TPSA) is 63.8 Å². The zero-order valence-electron chi connectivity index (χ0n) is 10.5. The van der Waals surface area contributed by atoms with Gasteiger partial charge in [0.05, 0.1) is 12.5 Å². The summed E-state index contributed by atoms with van der Waals surface area (Å²) >= 11 is 0. The standard InChI is InChI=1S/C12H17F3N4/c13-12(14,15)8-3-1-2-4-9(8)18-7-11-17-6-5-10(16)19-11/h5-6,8-9,18H,1-4,7H2,(H2,16,17,19)/t8-,9+/m1/s1. The largest absolute Gasteiger partial charge is 0.393 e. The number of hydrogen-bond donors (Lipinski definition) is 2. The molecule has 0 aliphatic heterocycles. The molecule has 2 atom stereocenters. The van der Waals surface area contributed by atoms with Crippen LogP contribution in [0.15, 0.2) is 12.3 Å². The first kappa shape index (κ1) is 14.0. The third-order valence-corrected chi connectivity index (χ3v) is 3.44. The summed E-state index contributed by atoms with van der Waals surface area (Å²) < 4.78 is 38.7. The first-order valence-electron chi connectivity index (χ1n) is 6.34. The van der Waals surface area contributed by atoms with Crippen LogP contribution in [0.1, 0.15) is 31.5 Å². The molecule has 1 aliphatic rings. The maximum absolute atomic E-state index is 12.9. The lowest BCUT2D eigenvalue weighted by Crippen LogP contribution is -2.45. The second kappa shape index (κ2) is 5.73. The Morgan fingerprint density at radius 1 is 1.32 bits per heavy atom. The fourth-order valence-corrected chi connectivity index (χ4v) is 2.49. The van der Waals surface area contributed by atoms with Gasteiger partial charge in [-0.15, -0.1) is 0 Å². The van der Waals surface area contributed by atoms with E-state index in [1.807, 2.05) is 0 Å². The number of nitrogens with zero attached hydrogens (tertiary/aromatic N) is 2. The number of hydrogen-bond acceptors (Lipinski definition) is 4. The van der Waals surface area contributed by atoms with Crippen molar-refractivity contribution in [2.24, 2.45) is 5.92 Å². The molecule has 0 spiro atoms. The molecule has 2 rings (SSSR count). The van der Waals surface area contributed by atoms with Gasteiger partial charge in [0.1, 0.15) is 11.6 Å². The maximum atomic E-state index is 12.9. The Bertz CT molecular complexity index is 422. The zero-order valence-corrected chi connectivity index (χ0v) is 10.5. The number of halogens is 3. The lowest BCUT2D eigenvalue weighted by atomic mass is 9.84. The molecule has 0 aromatic carbocycles. The fraction of sp³-hybridized carbons (Fsp3) is 0.667. The molecule has 3 N–H and O–H groups in total. The number of nitrogen functional groups attached to an aromatic ring is 1. The Labute approximate surface area is 109 Å². The minimum absolute atomic E-state index is 0.193. The molecule has 0 saturated heterocycles. The lowest BCUT2D eigenvalue weighted by Gasteiger charge is -2.33. The van der Waals surface area contributed by atoms with Gasteiger partial charge in [-0.05, 0) is 18.9 Å². The van der Waals surface area contributed by atoms with E-state index in [0.29, 0.717) is 24.5 Å². The second-order valence-corrected chi connectivity index (χ2v) is 4.82. The Morgan fingerprint density at radius 2 is 2.05 bits per heavy atom. The number of nitrogens with one attached hydrogen (secondary N) is 1. The normalized spacial score (nSPS) is 24.4. The second-order valence-electron chi connectivity index (χ2n) is 4.82. The third-order valence-electron chi connectivity index (χ3n) is 3.44. The predicted octanol–water partition coefficient (Wildman–Crippen LogP) is 2.27. The highest BCUT2D eigenvalue weighted by atomic mass is 19.4. The van der Waals surface area contributed by atoms with Crippen molar-refractivity contribution in [1.82, 2.24) is 15.3 Å². The van der Waals surface area contributed by atoms with E-state index in [-0.39, 0.29) is 13.0 Å². The number of aromatic nitrogens is 2. The van der Waals surface area contributed by atoms with Crippen LogP contribution in [-0.4, -0.2) is 22.2 Å². The minimum atomic E-state index is -4.14. The summed E-state index contributed by atoms with van der Waals surface area (Å²) in [5.41, 5.74) is 5.50. The van der Waals surface area contributed by atoms with Crippen LogP contribution in [0.5, 0.6) is 0 Å². The molecule has 19 heavy (non-hydrogen) atoms. The van der Waals surface area contributed by atoms with Gasteiger partial charge in [0.25, 0.3) is 0 Å². The van der Waals surface area contributed by atoms with Crippen LogP contribution >= 0.6 is 0 Å². The van der Waals surface area contributed by atoms with Crippen molar-refractivity contribution in [2.45, 2.75) is 44.4 Å². The van der Waals surface area contributed by atoms with Crippen molar-refractivity contribution >= 4 is 5.82 Å². The van der Waals surface area contributed by atoms with Crippen molar-refractivity contribution in [1.29, 1.82) is 0 Å². The van der Waals surface area contributed by atoms with Crippen molar-refractivity contribution in [3.63, 3.8) is 0 Å². The maximum Gasteiger partial charge on any atom is 0.393 e. The molecular weight excluding hydrogens is 257 g/mol. The molecule has 0 amide bonds. The number of rotatable bonds is 3. The summed E-state index contributed by atoms with van der Waals surface area (Å²) in [5, 5.41) is 2.92. The van der Waals surface area contributed by atoms with E-state index in [0.717, 1.165) is 6.42 Å². The molecule has 1 fully saturated rings. The first-order chi connectivity index (χ1) is 8.97. The van der Waals surface area contributed by atoms with Gasteiger partial charge >= 0.3 is 6.18 Å². The number of anilines is 1. The van der Waals surface area contributed by atoms with E-state index >= 15 is 0 Å².